The summed E-state index contributed by atoms with van der Waals surface area (Å²) in [5, 5.41) is 5.04. The van der Waals surface area contributed by atoms with Gasteiger partial charge in [-0.25, -0.2) is 4.98 Å². The summed E-state index contributed by atoms with van der Waals surface area (Å²) in [4.78, 5) is 16.4. The molecule has 0 spiro atoms. The van der Waals surface area contributed by atoms with Crippen molar-refractivity contribution in [1.29, 1.82) is 0 Å². The molecule has 2 rings (SSSR count). The minimum Gasteiger partial charge on any atom is -0.385 e. The molecule has 1 aromatic carbocycles. The maximum Gasteiger partial charge on any atom is 0.417 e. The number of benzene rings is 1. The van der Waals surface area contributed by atoms with E-state index in [9.17, 15) is 18.0 Å². The van der Waals surface area contributed by atoms with Crippen LogP contribution in [0.15, 0.2) is 36.5 Å². The molecule has 140 valence electrons. The molecule has 0 atom stereocenters. The number of aromatic nitrogens is 1. The van der Waals surface area contributed by atoms with Crippen LogP contribution in [0.2, 0.25) is 5.02 Å². The molecule has 1 heterocycles. The number of nitrogens with zero attached hydrogens (tertiary/aromatic N) is 1. The number of hydrogen-bond donors (Lipinski definition) is 2. The Morgan fingerprint density at radius 3 is 2.73 bits per heavy atom. The number of pyridine rings is 1. The van der Waals surface area contributed by atoms with Crippen LogP contribution in [0.5, 0.6) is 0 Å². The van der Waals surface area contributed by atoms with E-state index in [1.165, 1.54) is 24.4 Å². The predicted molar refractivity (Wildman–Crippen MR) is 93.6 cm³/mol. The van der Waals surface area contributed by atoms with Crippen LogP contribution in [-0.4, -0.2) is 31.2 Å². The second kappa shape index (κ2) is 8.86. The Hall–Kier alpha value is -2.32. The first kappa shape index (κ1) is 20.0. The number of anilines is 2. The minimum atomic E-state index is -4.60. The van der Waals surface area contributed by atoms with Gasteiger partial charge in [0.1, 0.15) is 5.82 Å². The Morgan fingerprint density at radius 1 is 1.27 bits per heavy atom. The van der Waals surface area contributed by atoms with Crippen molar-refractivity contribution < 1.29 is 22.7 Å². The number of methoxy groups -OCH3 is 1. The third-order valence-corrected chi connectivity index (χ3v) is 3.71. The number of hydrogen-bond acceptors (Lipinski definition) is 4. The Morgan fingerprint density at radius 2 is 2.04 bits per heavy atom. The van der Waals surface area contributed by atoms with Gasteiger partial charge in [-0.2, -0.15) is 13.2 Å². The van der Waals surface area contributed by atoms with E-state index in [4.69, 9.17) is 16.3 Å². The highest BCUT2D eigenvalue weighted by Crippen LogP contribution is 2.36. The lowest BCUT2D eigenvalue weighted by Crippen LogP contribution is -2.14. The predicted octanol–water partition coefficient (Wildman–Crippen LogP) is 4.45. The lowest BCUT2D eigenvalue weighted by molar-refractivity contribution is -0.137. The van der Waals surface area contributed by atoms with Crippen LogP contribution in [0.4, 0.5) is 24.7 Å². The summed E-state index contributed by atoms with van der Waals surface area (Å²) in [5.41, 5.74) is -0.747. The zero-order chi connectivity index (χ0) is 19.2. The van der Waals surface area contributed by atoms with Gasteiger partial charge in [-0.05, 0) is 36.8 Å². The number of carbonyl (C=O) groups excluding carboxylic acids is 1. The van der Waals surface area contributed by atoms with E-state index in [2.05, 4.69) is 15.6 Å². The molecule has 0 aliphatic carbocycles. The fourth-order valence-corrected chi connectivity index (χ4v) is 2.35. The molecule has 2 N–H and O–H groups in total. The van der Waals surface area contributed by atoms with Gasteiger partial charge in [0.05, 0.1) is 10.6 Å². The number of nitrogens with one attached hydrogen (secondary N) is 2. The molecule has 5 nitrogen and oxygen atoms in total. The Kier molecular flexibility index (Phi) is 6.82. The number of ether oxygens (including phenoxy) is 1. The lowest BCUT2D eigenvalue weighted by Gasteiger charge is -2.12. The summed E-state index contributed by atoms with van der Waals surface area (Å²) in [5.74, 6) is -0.0661. The quantitative estimate of drug-likeness (QED) is 0.689. The van der Waals surface area contributed by atoms with E-state index < -0.39 is 22.7 Å². The van der Waals surface area contributed by atoms with Crippen LogP contribution in [0.3, 0.4) is 0 Å². The molecule has 0 bridgehead atoms. The first-order valence-electron chi connectivity index (χ1n) is 7.68. The van der Waals surface area contributed by atoms with E-state index >= 15 is 0 Å². The summed E-state index contributed by atoms with van der Waals surface area (Å²) in [6, 6.07) is 6.18. The van der Waals surface area contributed by atoms with Gasteiger partial charge in [0.15, 0.2) is 0 Å². The van der Waals surface area contributed by atoms with Crippen LogP contribution in [0.25, 0.3) is 0 Å². The normalized spacial score (nSPS) is 11.3. The molecule has 0 fully saturated rings. The van der Waals surface area contributed by atoms with Gasteiger partial charge >= 0.3 is 6.18 Å². The van der Waals surface area contributed by atoms with E-state index in [-0.39, 0.29) is 11.3 Å². The van der Waals surface area contributed by atoms with Crippen LogP contribution >= 0.6 is 11.6 Å². The van der Waals surface area contributed by atoms with Crippen molar-refractivity contribution in [3.63, 3.8) is 0 Å². The molecule has 0 aliphatic rings. The van der Waals surface area contributed by atoms with Crippen LogP contribution in [0.1, 0.15) is 22.3 Å². The van der Waals surface area contributed by atoms with Gasteiger partial charge in [-0.1, -0.05) is 11.6 Å². The highest BCUT2D eigenvalue weighted by atomic mass is 35.5. The molecular weight excluding hydrogens is 371 g/mol. The fourth-order valence-electron chi connectivity index (χ4n) is 2.12. The van der Waals surface area contributed by atoms with E-state index in [1.54, 1.807) is 7.11 Å². The molecule has 9 heteroatoms. The number of alkyl halides is 3. The number of halogens is 4. The third-order valence-electron chi connectivity index (χ3n) is 3.38. The van der Waals surface area contributed by atoms with Gasteiger partial charge < -0.3 is 15.4 Å². The van der Waals surface area contributed by atoms with E-state index in [1.807, 2.05) is 0 Å². The van der Waals surface area contributed by atoms with Crippen molar-refractivity contribution in [1.82, 2.24) is 4.98 Å². The van der Waals surface area contributed by atoms with E-state index in [0.717, 1.165) is 18.6 Å². The topological polar surface area (TPSA) is 63.2 Å². The summed E-state index contributed by atoms with van der Waals surface area (Å²) >= 11 is 5.57. The highest BCUT2D eigenvalue weighted by Gasteiger charge is 2.33. The molecule has 0 aliphatic heterocycles. The molecular formula is C17H17ClF3N3O2. The Labute approximate surface area is 153 Å². The third kappa shape index (κ3) is 5.60. The maximum absolute atomic E-state index is 12.9. The lowest BCUT2D eigenvalue weighted by atomic mass is 10.1. The second-order valence-corrected chi connectivity index (χ2v) is 5.76. The molecule has 0 unspecified atom stereocenters. The van der Waals surface area contributed by atoms with Crippen molar-refractivity contribution >= 4 is 29.0 Å². The first-order valence-corrected chi connectivity index (χ1v) is 8.06. The van der Waals surface area contributed by atoms with Crippen LogP contribution < -0.4 is 10.6 Å². The summed E-state index contributed by atoms with van der Waals surface area (Å²) < 4.78 is 43.6. The van der Waals surface area contributed by atoms with E-state index in [0.29, 0.717) is 19.0 Å². The molecule has 0 radical (unpaired) electrons. The monoisotopic (exact) mass is 387 g/mol. The largest absolute Gasteiger partial charge is 0.417 e. The van der Waals surface area contributed by atoms with Crippen molar-refractivity contribution in [3.05, 3.63) is 52.7 Å². The van der Waals surface area contributed by atoms with Crippen LogP contribution in [0, 0.1) is 0 Å². The number of amides is 1. The van der Waals surface area contributed by atoms with Crippen molar-refractivity contribution in [2.24, 2.45) is 0 Å². The van der Waals surface area contributed by atoms with Crippen molar-refractivity contribution in [2.75, 3.05) is 30.9 Å². The molecule has 2 aromatic rings. The molecule has 0 saturated heterocycles. The van der Waals surface area contributed by atoms with Crippen molar-refractivity contribution in [2.45, 2.75) is 12.6 Å². The first-order chi connectivity index (χ1) is 12.3. The summed E-state index contributed by atoms with van der Waals surface area (Å²) in [6.45, 7) is 1.20. The molecule has 1 amide bonds. The molecule has 26 heavy (non-hydrogen) atoms. The summed E-state index contributed by atoms with van der Waals surface area (Å²) in [6.07, 6.45) is -2.40. The number of rotatable bonds is 7. The number of carbonyl (C=O) groups is 1. The van der Waals surface area contributed by atoms with Gasteiger partial charge in [0.25, 0.3) is 5.91 Å². The second-order valence-electron chi connectivity index (χ2n) is 5.35. The smallest absolute Gasteiger partial charge is 0.385 e. The fraction of sp³-hybridized carbons (Fsp3) is 0.294. The maximum atomic E-state index is 12.9. The Bertz CT molecular complexity index is 769. The molecule has 0 saturated carbocycles. The van der Waals surface area contributed by atoms with Crippen molar-refractivity contribution in [3.8, 4) is 0 Å². The zero-order valence-electron chi connectivity index (χ0n) is 13.9. The summed E-state index contributed by atoms with van der Waals surface area (Å²) in [7, 11) is 1.60. The average Bonchev–Trinajstić information content (AvgIpc) is 2.59. The van der Waals surface area contributed by atoms with Gasteiger partial charge in [0.2, 0.25) is 0 Å². The standard InChI is InChI=1S/C17H17ClF3N3O2/c1-26-8-2-6-22-15-9-11(5-7-23-15)16(25)24-12-3-4-14(18)13(10-12)17(19,20)21/h3-5,7,9-10H,2,6,8H2,1H3,(H,22,23)(H,24,25). The SMILES string of the molecule is COCCCNc1cc(C(=O)Nc2ccc(Cl)c(C(F)(F)F)c2)ccn1. The van der Waals surface area contributed by atoms with Crippen LogP contribution in [-0.2, 0) is 10.9 Å². The zero-order valence-corrected chi connectivity index (χ0v) is 14.6. The minimum absolute atomic E-state index is 0.00172. The van der Waals surface area contributed by atoms with Gasteiger partial charge in [-0.3, -0.25) is 4.79 Å². The van der Waals surface area contributed by atoms with Gasteiger partial charge in [-0.15, -0.1) is 0 Å². The highest BCUT2D eigenvalue weighted by molar-refractivity contribution is 6.31. The Balaban J connectivity index is 2.08. The van der Waals surface area contributed by atoms with Gasteiger partial charge in [0, 0.05) is 37.7 Å². The molecule has 1 aromatic heterocycles. The average molecular weight is 388 g/mol.